The maximum absolute atomic E-state index is 7.73. The second-order valence-electron chi connectivity index (χ2n) is 29.4. The van der Waals surface area contributed by atoms with Gasteiger partial charge in [0.15, 0.2) is 0 Å². The number of anilines is 9. The first-order valence-electron chi connectivity index (χ1n) is 32.1. The minimum atomic E-state index is -0.196. The summed E-state index contributed by atoms with van der Waals surface area (Å²) < 4.78 is 7.73. The van der Waals surface area contributed by atoms with Crippen LogP contribution in [0.5, 0.6) is 11.5 Å². The number of benzene rings is 8. The van der Waals surface area contributed by atoms with Crippen LogP contribution in [0.3, 0.4) is 0 Å². The van der Waals surface area contributed by atoms with Gasteiger partial charge < -0.3 is 9.64 Å². The van der Waals surface area contributed by atoms with Gasteiger partial charge in [-0.15, -0.1) is 0 Å². The van der Waals surface area contributed by atoms with Crippen LogP contribution in [0.1, 0.15) is 137 Å². The van der Waals surface area contributed by atoms with Gasteiger partial charge in [-0.3, -0.25) is 9.80 Å². The summed E-state index contributed by atoms with van der Waals surface area (Å²) in [7, 11) is 0. The van der Waals surface area contributed by atoms with E-state index in [2.05, 4.69) is 275 Å². The molecule has 88 heavy (non-hydrogen) atoms. The molecule has 434 valence electrons. The Morgan fingerprint density at radius 3 is 1.31 bits per heavy atom. The van der Waals surface area contributed by atoms with E-state index >= 15 is 0 Å². The van der Waals surface area contributed by atoms with Crippen LogP contribution < -0.4 is 52.2 Å². The third-order valence-corrected chi connectivity index (χ3v) is 21.5. The number of ether oxygens (including phenoxy) is 1. The first-order valence-corrected chi connectivity index (χ1v) is 32.1. The molecule has 0 N–H and O–H groups in total. The molecule has 6 aliphatic rings. The van der Waals surface area contributed by atoms with E-state index in [4.69, 9.17) is 14.7 Å². The van der Waals surface area contributed by atoms with E-state index < -0.39 is 0 Å². The molecule has 10 aromatic rings. The van der Waals surface area contributed by atoms with Gasteiger partial charge in [0.25, 0.3) is 13.4 Å². The van der Waals surface area contributed by atoms with E-state index in [-0.39, 0.29) is 35.1 Å². The van der Waals surface area contributed by atoms with E-state index in [1.807, 2.05) is 0 Å². The average molecular weight is 1150 g/mol. The smallest absolute Gasteiger partial charge is 0.258 e. The fourth-order valence-electron chi connectivity index (χ4n) is 17.1. The summed E-state index contributed by atoms with van der Waals surface area (Å²) in [5.41, 5.74) is 32.4. The van der Waals surface area contributed by atoms with Crippen molar-refractivity contribution < 1.29 is 4.74 Å². The van der Waals surface area contributed by atoms with Crippen molar-refractivity contribution in [3.8, 4) is 34.0 Å². The molecule has 0 unspecified atom stereocenters. The summed E-state index contributed by atoms with van der Waals surface area (Å²) in [5, 5.41) is 0. The maximum atomic E-state index is 7.73. The molecule has 16 rings (SSSR count). The molecular formula is C80H77B2N5O. The molecule has 0 radical (unpaired) electrons. The standard InChI is InChI=1S/C80H77B2N5O/c1-46-36-48(3)71(49(4)37-46)63-43-68-73-75(83-63)86(53-28-30-55-57(40-53)79(11,12)34-32-77(55,7)8)65-26-20-18-24-59(65)81(73)61-42-62-69(45-67(61)85(68)52-22-16-15-17-23-52)88-70-44-64(72-50(5)38-47(2)39-51(72)6)84-76-74(70)82(62)60-25-19-21-27-66(60)87(76)54-29-31-56-58(41-54)80(13,14)35-33-78(56,9)10/h15-31,36-45H,32-35H2,1-14H3. The monoisotopic (exact) mass is 1150 g/mol. The van der Waals surface area contributed by atoms with Crippen LogP contribution in [0.2, 0.25) is 0 Å². The Balaban J connectivity index is 0.975. The molecule has 6 nitrogen and oxygen atoms in total. The van der Waals surface area contributed by atoms with Gasteiger partial charge in [-0.25, -0.2) is 9.97 Å². The summed E-state index contributed by atoms with van der Waals surface area (Å²) in [6.45, 7) is 32.4. The van der Waals surface area contributed by atoms with Crippen molar-refractivity contribution in [2.75, 3.05) is 14.7 Å². The number of pyridine rings is 2. The number of rotatable bonds is 5. The molecule has 0 amide bonds. The highest BCUT2D eigenvalue weighted by atomic mass is 16.5. The van der Waals surface area contributed by atoms with Crippen LogP contribution in [0.25, 0.3) is 22.5 Å². The highest BCUT2D eigenvalue weighted by molar-refractivity contribution is 7.02. The molecule has 4 aliphatic heterocycles. The van der Waals surface area contributed by atoms with Gasteiger partial charge in [-0.2, -0.15) is 0 Å². The van der Waals surface area contributed by atoms with Crippen LogP contribution in [0.4, 0.5) is 51.4 Å². The van der Waals surface area contributed by atoms with Gasteiger partial charge in [0.1, 0.15) is 23.1 Å². The minimum absolute atomic E-state index is 0.00525. The molecule has 0 fully saturated rings. The molecule has 0 bridgehead atoms. The first-order chi connectivity index (χ1) is 42.1. The molecule has 8 aromatic carbocycles. The molecule has 0 spiro atoms. The predicted molar refractivity (Wildman–Crippen MR) is 372 cm³/mol. The molecule has 2 aromatic heterocycles. The fraction of sp³-hybridized carbons (Fsp3) is 0.275. The highest BCUT2D eigenvalue weighted by Crippen LogP contribution is 2.53. The SMILES string of the molecule is Cc1cc(C)c(-c2cc3c4c(n2)N(c2ccc5c(c2)C(C)(C)CCC5(C)C)c2ccccc2B4c2cc4c(cc2O3)N(c2ccccc2)c2cc(-c3c(C)cc(C)cc3C)nc3c2B4c2ccccc2N3c2ccc3c(c2)C(C)(C)CCC3(C)C)c(C)c1. The van der Waals surface area contributed by atoms with Crippen LogP contribution in [-0.4, -0.2) is 23.4 Å². The van der Waals surface area contributed by atoms with E-state index in [0.29, 0.717) is 0 Å². The number of aryl methyl sites for hydroxylation is 6. The lowest BCUT2D eigenvalue weighted by Crippen LogP contribution is -2.64. The van der Waals surface area contributed by atoms with Gasteiger partial charge in [0.05, 0.1) is 11.4 Å². The summed E-state index contributed by atoms with van der Waals surface area (Å²) in [6.07, 6.45) is 4.57. The normalized spacial score (nSPS) is 17.1. The van der Waals surface area contributed by atoms with Gasteiger partial charge >= 0.3 is 0 Å². The molecular weight excluding hydrogens is 1070 g/mol. The molecule has 0 saturated carbocycles. The molecule has 0 saturated heterocycles. The zero-order chi connectivity index (χ0) is 60.8. The van der Waals surface area contributed by atoms with E-state index in [1.165, 1.54) is 83.0 Å². The molecule has 2 aliphatic carbocycles. The topological polar surface area (TPSA) is 44.7 Å². The zero-order valence-corrected chi connectivity index (χ0v) is 53.7. The minimum Gasteiger partial charge on any atom is -0.458 e. The largest absolute Gasteiger partial charge is 0.458 e. The molecule has 8 heteroatoms. The van der Waals surface area contributed by atoms with Gasteiger partial charge in [-0.1, -0.05) is 164 Å². The quantitative estimate of drug-likeness (QED) is 0.160. The third-order valence-electron chi connectivity index (χ3n) is 21.5. The van der Waals surface area contributed by atoms with Crippen molar-refractivity contribution in [2.45, 2.75) is 144 Å². The lowest BCUT2D eigenvalue weighted by molar-refractivity contribution is 0.332. The van der Waals surface area contributed by atoms with Crippen molar-refractivity contribution in [3.63, 3.8) is 0 Å². The Labute approximate surface area is 521 Å². The van der Waals surface area contributed by atoms with E-state index in [9.17, 15) is 0 Å². The average Bonchev–Trinajstić information content (AvgIpc) is 0.700. The number of para-hydroxylation sites is 3. The van der Waals surface area contributed by atoms with Crippen molar-refractivity contribution >= 4 is 97.6 Å². The Hall–Kier alpha value is -8.61. The number of hydrogen-bond donors (Lipinski definition) is 0. The first kappa shape index (κ1) is 54.8. The van der Waals surface area contributed by atoms with Gasteiger partial charge in [0.2, 0.25) is 0 Å². The van der Waals surface area contributed by atoms with Crippen LogP contribution in [0, 0.1) is 41.5 Å². The van der Waals surface area contributed by atoms with Crippen LogP contribution in [-0.2, 0) is 21.7 Å². The highest BCUT2D eigenvalue weighted by Gasteiger charge is 2.50. The number of aromatic nitrogens is 2. The summed E-state index contributed by atoms with van der Waals surface area (Å²) in [4.78, 5) is 19.5. The zero-order valence-electron chi connectivity index (χ0n) is 53.7. The summed E-state index contributed by atoms with van der Waals surface area (Å²) in [6, 6.07) is 62.7. The van der Waals surface area contributed by atoms with Crippen LogP contribution >= 0.6 is 0 Å². The van der Waals surface area contributed by atoms with Crippen molar-refractivity contribution in [1.82, 2.24) is 9.97 Å². The Kier molecular flexibility index (Phi) is 11.8. The number of fused-ring (bicyclic) bond motifs is 10. The van der Waals surface area contributed by atoms with Crippen molar-refractivity contribution in [2.24, 2.45) is 0 Å². The second kappa shape index (κ2) is 19.0. The number of hydrogen-bond acceptors (Lipinski definition) is 6. The van der Waals surface area contributed by atoms with E-state index in [1.54, 1.807) is 0 Å². The lowest BCUT2D eigenvalue weighted by atomic mass is 9.31. The third kappa shape index (κ3) is 8.01. The molecule has 0 atom stereocenters. The second-order valence-corrected chi connectivity index (χ2v) is 29.4. The van der Waals surface area contributed by atoms with Gasteiger partial charge in [0, 0.05) is 68.5 Å². The Bertz CT molecular complexity index is 4620. The summed E-state index contributed by atoms with van der Waals surface area (Å²) >= 11 is 0. The predicted octanol–water partition coefficient (Wildman–Crippen LogP) is 16.8. The molecule has 6 heterocycles. The summed E-state index contributed by atoms with van der Waals surface area (Å²) in [5.74, 6) is 3.57. The van der Waals surface area contributed by atoms with Crippen LogP contribution in [0.15, 0.2) is 164 Å². The van der Waals surface area contributed by atoms with Gasteiger partial charge in [-0.05, 0) is 215 Å². The Morgan fingerprint density at radius 1 is 0.352 bits per heavy atom. The fourth-order valence-corrected chi connectivity index (χ4v) is 17.1. The maximum Gasteiger partial charge on any atom is 0.258 e. The lowest BCUT2D eigenvalue weighted by Gasteiger charge is -2.46. The number of nitrogens with zero attached hydrogens (tertiary/aromatic N) is 5. The van der Waals surface area contributed by atoms with Crippen molar-refractivity contribution in [1.29, 1.82) is 0 Å². The Morgan fingerprint density at radius 2 is 0.795 bits per heavy atom. The van der Waals surface area contributed by atoms with E-state index in [0.717, 1.165) is 117 Å². The van der Waals surface area contributed by atoms with Crippen molar-refractivity contribution in [3.05, 3.63) is 219 Å².